The zero-order chi connectivity index (χ0) is 12.1. The molecule has 1 aliphatic heterocycles. The van der Waals surface area contributed by atoms with Crippen molar-refractivity contribution in [2.24, 2.45) is 5.73 Å². The van der Waals surface area contributed by atoms with Gasteiger partial charge in [-0.2, -0.15) is 0 Å². The molecule has 2 rings (SSSR count). The minimum atomic E-state index is 0.363. The van der Waals surface area contributed by atoms with Crippen molar-refractivity contribution in [1.82, 2.24) is 4.90 Å². The van der Waals surface area contributed by atoms with E-state index in [1.165, 1.54) is 51.4 Å². The Kier molecular flexibility index (Phi) is 5.26. The maximum Gasteiger partial charge on any atom is 0.0702 e. The molecule has 1 saturated carbocycles. The number of hydrogen-bond donors (Lipinski definition) is 1. The van der Waals surface area contributed by atoms with Gasteiger partial charge in [-0.1, -0.05) is 25.7 Å². The van der Waals surface area contributed by atoms with Crippen molar-refractivity contribution in [3.8, 4) is 0 Å². The number of nitrogens with two attached hydrogens (primary N) is 1. The second kappa shape index (κ2) is 6.72. The Labute approximate surface area is 106 Å². The van der Waals surface area contributed by atoms with Crippen molar-refractivity contribution in [2.45, 2.75) is 69.6 Å². The van der Waals surface area contributed by atoms with Gasteiger partial charge in [0.1, 0.15) is 0 Å². The highest BCUT2D eigenvalue weighted by atomic mass is 16.5. The molecule has 1 heterocycles. The van der Waals surface area contributed by atoms with Crippen molar-refractivity contribution >= 4 is 0 Å². The van der Waals surface area contributed by atoms with Crippen LogP contribution in [0.1, 0.15) is 51.4 Å². The van der Waals surface area contributed by atoms with Crippen molar-refractivity contribution in [3.05, 3.63) is 0 Å². The lowest BCUT2D eigenvalue weighted by Crippen LogP contribution is -2.48. The molecule has 1 aliphatic carbocycles. The number of ether oxygens (including phenoxy) is 1. The van der Waals surface area contributed by atoms with Gasteiger partial charge in [0.15, 0.2) is 0 Å². The van der Waals surface area contributed by atoms with E-state index in [4.69, 9.17) is 10.5 Å². The van der Waals surface area contributed by atoms with Gasteiger partial charge in [-0.25, -0.2) is 0 Å². The molecule has 0 aromatic carbocycles. The first-order valence-electron chi connectivity index (χ1n) is 7.35. The van der Waals surface area contributed by atoms with Crippen LogP contribution in [0.4, 0.5) is 0 Å². The average Bonchev–Trinajstić information content (AvgIpc) is 2.76. The van der Waals surface area contributed by atoms with Crippen LogP contribution in [0.15, 0.2) is 0 Å². The van der Waals surface area contributed by atoms with Gasteiger partial charge in [0.05, 0.1) is 6.10 Å². The summed E-state index contributed by atoms with van der Waals surface area (Å²) in [6.07, 6.45) is 10.8. The molecular formula is C14H28N2O. The molecule has 0 bridgehead atoms. The molecule has 3 unspecified atom stereocenters. The number of likely N-dealkylation sites (N-methyl/N-ethyl adjacent to an activating group) is 1. The molecule has 1 saturated heterocycles. The molecule has 3 heteroatoms. The molecule has 2 fully saturated rings. The third-order valence-corrected chi connectivity index (χ3v) is 4.36. The third kappa shape index (κ3) is 3.94. The fourth-order valence-electron chi connectivity index (χ4n) is 3.29. The topological polar surface area (TPSA) is 38.5 Å². The van der Waals surface area contributed by atoms with E-state index in [9.17, 15) is 0 Å². The van der Waals surface area contributed by atoms with Crippen LogP contribution in [0, 0.1) is 0 Å². The zero-order valence-corrected chi connectivity index (χ0v) is 11.2. The quantitative estimate of drug-likeness (QED) is 0.821. The highest BCUT2D eigenvalue weighted by molar-refractivity contribution is 4.84. The Morgan fingerprint density at radius 2 is 1.82 bits per heavy atom. The molecule has 0 amide bonds. The van der Waals surface area contributed by atoms with Crippen molar-refractivity contribution < 1.29 is 4.74 Å². The molecule has 3 atom stereocenters. The second-order valence-electron chi connectivity index (χ2n) is 5.80. The minimum absolute atomic E-state index is 0.363. The van der Waals surface area contributed by atoms with Crippen LogP contribution in [0.3, 0.4) is 0 Å². The smallest absolute Gasteiger partial charge is 0.0702 e. The van der Waals surface area contributed by atoms with Gasteiger partial charge in [0, 0.05) is 25.2 Å². The van der Waals surface area contributed by atoms with Gasteiger partial charge in [-0.3, -0.25) is 4.90 Å². The van der Waals surface area contributed by atoms with Crippen LogP contribution in [-0.2, 0) is 4.74 Å². The maximum atomic E-state index is 6.34. The fourth-order valence-corrected chi connectivity index (χ4v) is 3.29. The van der Waals surface area contributed by atoms with Gasteiger partial charge in [0.2, 0.25) is 0 Å². The molecule has 0 aromatic rings. The molecule has 100 valence electrons. The lowest BCUT2D eigenvalue weighted by Gasteiger charge is -2.35. The Hall–Kier alpha value is -0.120. The van der Waals surface area contributed by atoms with Gasteiger partial charge in [0.25, 0.3) is 0 Å². The molecule has 0 radical (unpaired) electrons. The number of hydrogen-bond acceptors (Lipinski definition) is 3. The van der Waals surface area contributed by atoms with Gasteiger partial charge >= 0.3 is 0 Å². The summed E-state index contributed by atoms with van der Waals surface area (Å²) in [7, 11) is 2.23. The Morgan fingerprint density at radius 1 is 1.06 bits per heavy atom. The van der Waals surface area contributed by atoms with Crippen LogP contribution in [0.5, 0.6) is 0 Å². The van der Waals surface area contributed by atoms with E-state index in [1.54, 1.807) is 0 Å². The molecular weight excluding hydrogens is 212 g/mol. The summed E-state index contributed by atoms with van der Waals surface area (Å²) in [5, 5.41) is 0. The van der Waals surface area contributed by atoms with Crippen LogP contribution >= 0.6 is 0 Å². The predicted molar refractivity (Wildman–Crippen MR) is 71.1 cm³/mol. The third-order valence-electron chi connectivity index (χ3n) is 4.36. The van der Waals surface area contributed by atoms with E-state index in [0.717, 1.165) is 13.2 Å². The van der Waals surface area contributed by atoms with Crippen molar-refractivity contribution in [3.63, 3.8) is 0 Å². The van der Waals surface area contributed by atoms with Gasteiger partial charge in [-0.05, 0) is 32.7 Å². The first-order valence-corrected chi connectivity index (χ1v) is 7.35. The Morgan fingerprint density at radius 3 is 2.53 bits per heavy atom. The fraction of sp³-hybridized carbons (Fsp3) is 1.00. The van der Waals surface area contributed by atoms with Crippen LogP contribution in [0.25, 0.3) is 0 Å². The van der Waals surface area contributed by atoms with E-state index in [2.05, 4.69) is 11.9 Å². The molecule has 0 spiro atoms. The predicted octanol–water partition coefficient (Wildman–Crippen LogP) is 2.15. The summed E-state index contributed by atoms with van der Waals surface area (Å²) in [4.78, 5) is 2.46. The Bertz CT molecular complexity index is 216. The van der Waals surface area contributed by atoms with Crippen LogP contribution < -0.4 is 5.73 Å². The largest absolute Gasteiger partial charge is 0.377 e. The summed E-state index contributed by atoms with van der Waals surface area (Å²) in [6.45, 7) is 2.02. The summed E-state index contributed by atoms with van der Waals surface area (Å²) in [5.74, 6) is 0. The SMILES string of the molecule is CN(CC1CCCO1)C1CCCCCCC1N. The summed E-state index contributed by atoms with van der Waals surface area (Å²) >= 11 is 0. The standard InChI is InChI=1S/C14H28N2O/c1-16(11-12-7-6-10-17-12)14-9-5-3-2-4-8-13(14)15/h12-14H,2-11,15H2,1H3. The monoisotopic (exact) mass is 240 g/mol. The summed E-state index contributed by atoms with van der Waals surface area (Å²) < 4.78 is 5.72. The summed E-state index contributed by atoms with van der Waals surface area (Å²) in [5.41, 5.74) is 6.34. The number of rotatable bonds is 3. The average molecular weight is 240 g/mol. The van der Waals surface area contributed by atoms with Gasteiger partial charge in [-0.15, -0.1) is 0 Å². The van der Waals surface area contributed by atoms with E-state index in [1.807, 2.05) is 0 Å². The highest BCUT2D eigenvalue weighted by Crippen LogP contribution is 2.22. The first-order chi connectivity index (χ1) is 8.27. The first kappa shape index (κ1) is 13.3. The molecule has 3 nitrogen and oxygen atoms in total. The highest BCUT2D eigenvalue weighted by Gasteiger charge is 2.26. The van der Waals surface area contributed by atoms with Crippen LogP contribution in [0.2, 0.25) is 0 Å². The lowest BCUT2D eigenvalue weighted by atomic mass is 9.92. The van der Waals surface area contributed by atoms with E-state index in [-0.39, 0.29) is 0 Å². The maximum absolute atomic E-state index is 6.34. The number of nitrogens with zero attached hydrogens (tertiary/aromatic N) is 1. The van der Waals surface area contributed by atoms with E-state index >= 15 is 0 Å². The minimum Gasteiger partial charge on any atom is -0.377 e. The van der Waals surface area contributed by atoms with Crippen molar-refractivity contribution in [2.75, 3.05) is 20.2 Å². The Balaban J connectivity index is 1.83. The summed E-state index contributed by atoms with van der Waals surface area (Å²) in [6, 6.07) is 0.932. The zero-order valence-electron chi connectivity index (χ0n) is 11.2. The molecule has 0 aromatic heterocycles. The second-order valence-corrected chi connectivity index (χ2v) is 5.80. The van der Waals surface area contributed by atoms with E-state index in [0.29, 0.717) is 18.2 Å². The normalized spacial score (nSPS) is 35.8. The molecule has 2 aliphatic rings. The van der Waals surface area contributed by atoms with Crippen LogP contribution in [-0.4, -0.2) is 43.3 Å². The van der Waals surface area contributed by atoms with E-state index < -0.39 is 0 Å². The molecule has 17 heavy (non-hydrogen) atoms. The molecule has 2 N–H and O–H groups in total. The van der Waals surface area contributed by atoms with Gasteiger partial charge < -0.3 is 10.5 Å². The lowest BCUT2D eigenvalue weighted by molar-refractivity contribution is 0.0592. The van der Waals surface area contributed by atoms with Crippen molar-refractivity contribution in [1.29, 1.82) is 0 Å².